The first-order valence-electron chi connectivity index (χ1n) is 4.13. The molecule has 0 saturated heterocycles. The van der Waals surface area contributed by atoms with Crippen molar-refractivity contribution in [3.63, 3.8) is 0 Å². The predicted molar refractivity (Wildman–Crippen MR) is 57.0 cm³/mol. The number of benzene rings is 1. The minimum Gasteiger partial charge on any atom is -0.496 e. The minimum absolute atomic E-state index is 0.146. The highest BCUT2D eigenvalue weighted by molar-refractivity contribution is 9.10. The second-order valence-electron chi connectivity index (χ2n) is 2.84. The van der Waals surface area contributed by atoms with Crippen LogP contribution in [0.15, 0.2) is 22.7 Å². The van der Waals surface area contributed by atoms with E-state index < -0.39 is 11.8 Å². The lowest BCUT2D eigenvalue weighted by Crippen LogP contribution is -2.15. The zero-order valence-corrected chi connectivity index (χ0v) is 9.58. The number of aliphatic carboxylic acids is 1. The molecule has 1 rings (SSSR count). The highest BCUT2D eigenvalue weighted by atomic mass is 79.9. The number of ketones is 1. The van der Waals surface area contributed by atoms with Crippen LogP contribution in [0.2, 0.25) is 0 Å². The van der Waals surface area contributed by atoms with Crippen LogP contribution in [0.4, 0.5) is 0 Å². The molecule has 1 aromatic rings. The van der Waals surface area contributed by atoms with Crippen LogP contribution in [-0.4, -0.2) is 24.0 Å². The first kappa shape index (κ1) is 11.7. The van der Waals surface area contributed by atoms with Crippen molar-refractivity contribution in [2.75, 3.05) is 7.11 Å². The topological polar surface area (TPSA) is 63.6 Å². The summed E-state index contributed by atoms with van der Waals surface area (Å²) >= 11 is 3.25. The molecule has 4 nitrogen and oxygen atoms in total. The Morgan fingerprint density at radius 2 is 2.13 bits per heavy atom. The van der Waals surface area contributed by atoms with E-state index in [1.54, 1.807) is 18.2 Å². The van der Waals surface area contributed by atoms with Crippen LogP contribution in [0.3, 0.4) is 0 Å². The molecule has 1 N–H and O–H groups in total. The number of carboxylic acid groups (broad SMARTS) is 1. The van der Waals surface area contributed by atoms with Crippen molar-refractivity contribution in [2.45, 2.75) is 6.42 Å². The van der Waals surface area contributed by atoms with E-state index in [4.69, 9.17) is 9.84 Å². The van der Waals surface area contributed by atoms with Crippen molar-refractivity contribution in [3.05, 3.63) is 28.2 Å². The largest absolute Gasteiger partial charge is 0.496 e. The van der Waals surface area contributed by atoms with E-state index in [1.807, 2.05) is 0 Å². The van der Waals surface area contributed by atoms with Crippen LogP contribution in [0.1, 0.15) is 5.56 Å². The lowest BCUT2D eigenvalue weighted by Gasteiger charge is -2.06. The quantitative estimate of drug-likeness (QED) is 0.847. The van der Waals surface area contributed by atoms with Gasteiger partial charge in [0.15, 0.2) is 0 Å². The molecule has 0 bridgehead atoms. The summed E-state index contributed by atoms with van der Waals surface area (Å²) < 4.78 is 5.64. The van der Waals surface area contributed by atoms with Gasteiger partial charge >= 0.3 is 5.97 Å². The summed E-state index contributed by atoms with van der Waals surface area (Å²) in [7, 11) is 1.50. The van der Waals surface area contributed by atoms with Crippen LogP contribution in [0.5, 0.6) is 5.75 Å². The number of carbonyl (C=O) groups excluding carboxylic acids is 1. The highest BCUT2D eigenvalue weighted by Crippen LogP contribution is 2.28. The zero-order chi connectivity index (χ0) is 11.4. The number of rotatable bonds is 4. The molecular formula is C10H9BrO4. The minimum atomic E-state index is -1.43. The first-order valence-corrected chi connectivity index (χ1v) is 4.93. The van der Waals surface area contributed by atoms with E-state index in [9.17, 15) is 9.59 Å². The molecule has 0 aliphatic rings. The Hall–Kier alpha value is -1.36. The van der Waals surface area contributed by atoms with Crippen LogP contribution in [0, 0.1) is 0 Å². The van der Waals surface area contributed by atoms with Gasteiger partial charge in [0.2, 0.25) is 5.78 Å². The molecule has 0 aromatic heterocycles. The molecule has 0 aliphatic carbocycles. The van der Waals surface area contributed by atoms with Gasteiger partial charge in [-0.1, -0.05) is 12.1 Å². The van der Waals surface area contributed by atoms with Crippen molar-refractivity contribution < 1.29 is 19.4 Å². The summed E-state index contributed by atoms with van der Waals surface area (Å²) in [5.41, 5.74) is 0.599. The van der Waals surface area contributed by atoms with Gasteiger partial charge in [-0.25, -0.2) is 4.79 Å². The summed E-state index contributed by atoms with van der Waals surface area (Å²) in [4.78, 5) is 21.4. The molecule has 0 fully saturated rings. The number of carboxylic acids is 1. The standard InChI is InChI=1S/C10H9BrO4/c1-15-8-4-2-3-6(9(8)11)5-7(12)10(13)14/h2-4H,5H2,1H3,(H,13,14). The van der Waals surface area contributed by atoms with Crippen LogP contribution in [-0.2, 0) is 16.0 Å². The number of hydrogen-bond donors (Lipinski definition) is 1. The molecule has 0 aliphatic heterocycles. The van der Waals surface area contributed by atoms with Crippen molar-refractivity contribution in [1.29, 1.82) is 0 Å². The third-order valence-electron chi connectivity index (χ3n) is 1.85. The molecular weight excluding hydrogens is 264 g/mol. The van der Waals surface area contributed by atoms with Gasteiger partial charge in [-0.3, -0.25) is 4.79 Å². The predicted octanol–water partition coefficient (Wildman–Crippen LogP) is 1.65. The van der Waals surface area contributed by atoms with E-state index in [2.05, 4.69) is 15.9 Å². The van der Waals surface area contributed by atoms with E-state index in [0.717, 1.165) is 0 Å². The number of carbonyl (C=O) groups is 2. The van der Waals surface area contributed by atoms with Crippen LogP contribution < -0.4 is 4.74 Å². The number of Topliss-reactive ketones (excluding diaryl/α,β-unsaturated/α-hetero) is 1. The average molecular weight is 273 g/mol. The maximum atomic E-state index is 11.0. The molecule has 15 heavy (non-hydrogen) atoms. The van der Waals surface area contributed by atoms with Crippen molar-refractivity contribution in [2.24, 2.45) is 0 Å². The third-order valence-corrected chi connectivity index (χ3v) is 2.75. The molecule has 0 heterocycles. The second kappa shape index (κ2) is 4.93. The summed E-state index contributed by atoms with van der Waals surface area (Å²) in [6.45, 7) is 0. The monoisotopic (exact) mass is 272 g/mol. The average Bonchev–Trinajstić information content (AvgIpc) is 2.21. The number of halogens is 1. The molecule has 0 amide bonds. The van der Waals surface area contributed by atoms with Gasteiger partial charge in [0.1, 0.15) is 5.75 Å². The van der Waals surface area contributed by atoms with Gasteiger partial charge in [0.25, 0.3) is 0 Å². The van der Waals surface area contributed by atoms with Crippen LogP contribution >= 0.6 is 15.9 Å². The molecule has 0 radical (unpaired) electrons. The van der Waals surface area contributed by atoms with Gasteiger partial charge in [-0.05, 0) is 27.6 Å². The summed E-state index contributed by atoms with van der Waals surface area (Å²) in [5.74, 6) is -1.70. The molecule has 1 aromatic carbocycles. The van der Waals surface area contributed by atoms with E-state index >= 15 is 0 Å². The van der Waals surface area contributed by atoms with E-state index in [-0.39, 0.29) is 6.42 Å². The summed E-state index contributed by atoms with van der Waals surface area (Å²) in [6, 6.07) is 5.10. The molecule has 0 unspecified atom stereocenters. The van der Waals surface area contributed by atoms with Crippen molar-refractivity contribution >= 4 is 27.7 Å². The Kier molecular flexibility index (Phi) is 3.85. The fraction of sp³-hybridized carbons (Fsp3) is 0.200. The molecule has 0 atom stereocenters. The molecule has 0 saturated carbocycles. The Bertz CT molecular complexity index is 400. The first-order chi connectivity index (χ1) is 7.06. The lowest BCUT2D eigenvalue weighted by atomic mass is 10.1. The van der Waals surface area contributed by atoms with E-state index in [0.29, 0.717) is 15.8 Å². The summed E-state index contributed by atoms with van der Waals surface area (Å²) in [5, 5.41) is 8.46. The number of hydrogen-bond acceptors (Lipinski definition) is 3. The van der Waals surface area contributed by atoms with Gasteiger partial charge in [-0.15, -0.1) is 0 Å². The van der Waals surface area contributed by atoms with Gasteiger partial charge < -0.3 is 9.84 Å². The van der Waals surface area contributed by atoms with Gasteiger partial charge in [-0.2, -0.15) is 0 Å². The Balaban J connectivity index is 2.95. The highest BCUT2D eigenvalue weighted by Gasteiger charge is 2.15. The van der Waals surface area contributed by atoms with Crippen molar-refractivity contribution in [3.8, 4) is 5.75 Å². The Morgan fingerprint density at radius 3 is 2.67 bits per heavy atom. The molecule has 80 valence electrons. The number of ether oxygens (including phenoxy) is 1. The smallest absolute Gasteiger partial charge is 0.372 e. The Morgan fingerprint density at radius 1 is 1.47 bits per heavy atom. The van der Waals surface area contributed by atoms with Gasteiger partial charge in [0, 0.05) is 6.42 Å². The fourth-order valence-electron chi connectivity index (χ4n) is 1.10. The second-order valence-corrected chi connectivity index (χ2v) is 3.63. The SMILES string of the molecule is COc1cccc(CC(=O)C(=O)O)c1Br. The Labute approximate surface area is 95.0 Å². The maximum absolute atomic E-state index is 11.0. The maximum Gasteiger partial charge on any atom is 0.372 e. The lowest BCUT2D eigenvalue weighted by molar-refractivity contribution is -0.148. The van der Waals surface area contributed by atoms with Crippen LogP contribution in [0.25, 0.3) is 0 Å². The van der Waals surface area contributed by atoms with Gasteiger partial charge in [0.05, 0.1) is 11.6 Å². The molecule has 5 heteroatoms. The molecule has 0 spiro atoms. The number of methoxy groups -OCH3 is 1. The van der Waals surface area contributed by atoms with Crippen molar-refractivity contribution in [1.82, 2.24) is 0 Å². The normalized spacial score (nSPS) is 9.73. The summed E-state index contributed by atoms with van der Waals surface area (Å²) in [6.07, 6.45) is -0.146. The van der Waals surface area contributed by atoms with E-state index in [1.165, 1.54) is 7.11 Å². The fourth-order valence-corrected chi connectivity index (χ4v) is 1.67. The zero-order valence-electron chi connectivity index (χ0n) is 7.99. The third kappa shape index (κ3) is 2.79.